The van der Waals surface area contributed by atoms with Crippen LogP contribution in [0, 0.1) is 13.8 Å². The van der Waals surface area contributed by atoms with Gasteiger partial charge >= 0.3 is 6.03 Å². The van der Waals surface area contributed by atoms with Crippen molar-refractivity contribution < 1.29 is 23.9 Å². The van der Waals surface area contributed by atoms with Gasteiger partial charge in [0.25, 0.3) is 5.91 Å². The average Bonchev–Trinajstić information content (AvgIpc) is 3.29. The number of ketones is 1. The molecule has 36 heavy (non-hydrogen) atoms. The minimum atomic E-state index is -1.25. The minimum Gasteiger partial charge on any atom is -0.497 e. The number of aryl methyl sites for hydroxylation is 2. The van der Waals surface area contributed by atoms with Crippen LogP contribution in [0.1, 0.15) is 39.8 Å². The average molecular weight is 490 g/mol. The van der Waals surface area contributed by atoms with E-state index in [1.807, 2.05) is 44.2 Å². The summed E-state index contributed by atoms with van der Waals surface area (Å²) in [7, 11) is 3.20. The zero-order chi connectivity index (χ0) is 26.0. The molecule has 0 spiro atoms. The fraction of sp³-hybridized carbons (Fsp3) is 0.321. The summed E-state index contributed by atoms with van der Waals surface area (Å²) in [4.78, 5) is 40.2. The van der Waals surface area contributed by atoms with Gasteiger partial charge in [0.15, 0.2) is 5.78 Å². The van der Waals surface area contributed by atoms with Crippen molar-refractivity contribution in [1.29, 1.82) is 0 Å². The summed E-state index contributed by atoms with van der Waals surface area (Å²) in [5.74, 6) is 0.720. The number of nitrogens with zero attached hydrogens (tertiary/aromatic N) is 2. The highest BCUT2D eigenvalue weighted by molar-refractivity contribution is 6.11. The second kappa shape index (κ2) is 9.89. The Morgan fingerprint density at radius 3 is 2.11 bits per heavy atom. The highest BCUT2D eigenvalue weighted by Gasteiger charge is 2.49. The predicted molar refractivity (Wildman–Crippen MR) is 136 cm³/mol. The van der Waals surface area contributed by atoms with Crippen LogP contribution in [0.15, 0.2) is 54.6 Å². The summed E-state index contributed by atoms with van der Waals surface area (Å²) in [6.45, 7) is 5.87. The normalized spacial score (nSPS) is 17.3. The van der Waals surface area contributed by atoms with Crippen molar-refractivity contribution in [3.8, 4) is 11.5 Å². The molecule has 188 valence electrons. The number of methoxy groups -OCH3 is 2. The lowest BCUT2D eigenvalue weighted by atomic mass is 9.92. The molecule has 1 aromatic heterocycles. The molecule has 8 heteroatoms. The Morgan fingerprint density at radius 1 is 0.944 bits per heavy atom. The number of Topliss-reactive ketones (excluding diaryl/α,β-unsaturated/α-hetero) is 1. The van der Waals surface area contributed by atoms with E-state index in [1.165, 1.54) is 0 Å². The van der Waals surface area contributed by atoms with Crippen molar-refractivity contribution in [2.24, 2.45) is 0 Å². The van der Waals surface area contributed by atoms with Crippen LogP contribution in [-0.2, 0) is 23.3 Å². The molecule has 1 saturated heterocycles. The first kappa shape index (κ1) is 25.0. The molecule has 3 aromatic rings. The molecule has 0 radical (unpaired) electrons. The van der Waals surface area contributed by atoms with E-state index in [4.69, 9.17) is 9.47 Å². The maximum atomic E-state index is 13.3. The van der Waals surface area contributed by atoms with Crippen LogP contribution >= 0.6 is 0 Å². The molecule has 2 heterocycles. The van der Waals surface area contributed by atoms with E-state index in [1.54, 1.807) is 45.4 Å². The number of carbonyl (C=O) groups is 3. The Kier molecular flexibility index (Phi) is 6.88. The number of amides is 3. The van der Waals surface area contributed by atoms with E-state index in [9.17, 15) is 14.4 Å². The lowest BCUT2D eigenvalue weighted by molar-refractivity contribution is -0.130. The number of carbonyl (C=O) groups excluding carboxylic acids is 3. The van der Waals surface area contributed by atoms with E-state index >= 15 is 0 Å². The first-order valence-corrected chi connectivity index (χ1v) is 11.8. The Balaban J connectivity index is 1.47. The maximum absolute atomic E-state index is 13.3. The molecule has 1 N–H and O–H groups in total. The van der Waals surface area contributed by atoms with Crippen molar-refractivity contribution in [2.45, 2.75) is 39.3 Å². The lowest BCUT2D eigenvalue weighted by Gasteiger charge is -2.22. The van der Waals surface area contributed by atoms with Crippen LogP contribution in [-0.4, -0.2) is 48.0 Å². The van der Waals surface area contributed by atoms with Crippen LogP contribution in [0.2, 0.25) is 0 Å². The van der Waals surface area contributed by atoms with Gasteiger partial charge in [0.05, 0.1) is 20.8 Å². The van der Waals surface area contributed by atoms with E-state index < -0.39 is 17.5 Å². The van der Waals surface area contributed by atoms with Crippen molar-refractivity contribution in [3.63, 3.8) is 0 Å². The largest absolute Gasteiger partial charge is 0.497 e. The number of aromatic nitrogens is 1. The van der Waals surface area contributed by atoms with Gasteiger partial charge in [-0.05, 0) is 68.7 Å². The Morgan fingerprint density at radius 2 is 1.53 bits per heavy atom. The number of imide groups is 1. The Labute approximate surface area is 210 Å². The molecular formula is C28H31N3O5. The predicted octanol–water partition coefficient (Wildman–Crippen LogP) is 4.01. The van der Waals surface area contributed by atoms with Gasteiger partial charge in [-0.15, -0.1) is 0 Å². The summed E-state index contributed by atoms with van der Waals surface area (Å²) in [6.07, 6.45) is 0.793. The van der Waals surface area contributed by atoms with Gasteiger partial charge in [0.1, 0.15) is 17.0 Å². The fourth-order valence-electron chi connectivity index (χ4n) is 4.65. The Bertz CT molecular complexity index is 1290. The van der Waals surface area contributed by atoms with Crippen LogP contribution in [0.25, 0.3) is 0 Å². The molecule has 0 saturated carbocycles. The van der Waals surface area contributed by atoms with Crippen molar-refractivity contribution in [2.75, 3.05) is 20.8 Å². The van der Waals surface area contributed by atoms with E-state index in [0.717, 1.165) is 34.0 Å². The zero-order valence-corrected chi connectivity index (χ0v) is 21.3. The van der Waals surface area contributed by atoms with E-state index in [-0.39, 0.29) is 12.3 Å². The van der Waals surface area contributed by atoms with Gasteiger partial charge in [-0.25, -0.2) is 4.79 Å². The summed E-state index contributed by atoms with van der Waals surface area (Å²) in [5.41, 5.74) is 2.81. The van der Waals surface area contributed by atoms with E-state index in [0.29, 0.717) is 23.4 Å². The highest BCUT2D eigenvalue weighted by Crippen LogP contribution is 2.30. The second-order valence-electron chi connectivity index (χ2n) is 9.13. The molecule has 2 aromatic carbocycles. The number of ether oxygens (including phenoxy) is 2. The summed E-state index contributed by atoms with van der Waals surface area (Å²) in [6, 6.07) is 16.1. The molecule has 1 aliphatic heterocycles. The first-order chi connectivity index (χ1) is 17.2. The quantitative estimate of drug-likeness (QED) is 0.362. The monoisotopic (exact) mass is 489 g/mol. The number of urea groups is 1. The minimum absolute atomic E-state index is 0.277. The number of hydrogen-bond acceptors (Lipinski definition) is 5. The number of benzene rings is 2. The zero-order valence-electron chi connectivity index (χ0n) is 21.3. The van der Waals surface area contributed by atoms with Crippen LogP contribution in [0.3, 0.4) is 0 Å². The second-order valence-corrected chi connectivity index (χ2v) is 9.13. The van der Waals surface area contributed by atoms with Gasteiger partial charge in [0, 0.05) is 23.5 Å². The van der Waals surface area contributed by atoms with Crippen molar-refractivity contribution in [1.82, 2.24) is 14.8 Å². The van der Waals surface area contributed by atoms with Crippen LogP contribution in [0.4, 0.5) is 4.79 Å². The molecule has 4 rings (SSSR count). The van der Waals surface area contributed by atoms with Gasteiger partial charge in [0.2, 0.25) is 0 Å². The third-order valence-electron chi connectivity index (χ3n) is 6.90. The van der Waals surface area contributed by atoms with E-state index in [2.05, 4.69) is 9.88 Å². The third-order valence-corrected chi connectivity index (χ3v) is 6.90. The molecular weight excluding hydrogens is 458 g/mol. The first-order valence-electron chi connectivity index (χ1n) is 11.8. The van der Waals surface area contributed by atoms with Gasteiger partial charge < -0.3 is 19.4 Å². The molecule has 0 aliphatic carbocycles. The van der Waals surface area contributed by atoms with Gasteiger partial charge in [-0.2, -0.15) is 0 Å². The summed E-state index contributed by atoms with van der Waals surface area (Å²) in [5, 5.41) is 2.75. The van der Waals surface area contributed by atoms with Gasteiger partial charge in [-0.3, -0.25) is 14.5 Å². The topological polar surface area (TPSA) is 89.9 Å². The van der Waals surface area contributed by atoms with Gasteiger partial charge in [-0.1, -0.05) is 24.3 Å². The molecule has 3 amide bonds. The molecule has 1 aliphatic rings. The van der Waals surface area contributed by atoms with Crippen molar-refractivity contribution >= 4 is 17.7 Å². The third kappa shape index (κ3) is 4.58. The fourth-order valence-corrected chi connectivity index (χ4v) is 4.65. The molecule has 1 unspecified atom stereocenters. The summed E-state index contributed by atoms with van der Waals surface area (Å²) < 4.78 is 12.5. The molecule has 1 atom stereocenters. The van der Waals surface area contributed by atoms with Crippen LogP contribution in [0.5, 0.6) is 11.5 Å². The number of hydrogen-bond donors (Lipinski definition) is 1. The Hall–Kier alpha value is -4.07. The SMILES string of the molecule is COc1ccc(CCn2c(C)cc(C(=O)CN3C(=O)NC(C)(c4ccc(OC)cc4)C3=O)c2C)cc1. The number of nitrogens with one attached hydrogen (secondary N) is 1. The molecule has 0 bridgehead atoms. The number of rotatable bonds is 9. The lowest BCUT2D eigenvalue weighted by Crippen LogP contribution is -2.41. The highest BCUT2D eigenvalue weighted by atomic mass is 16.5. The van der Waals surface area contributed by atoms with Crippen molar-refractivity contribution in [3.05, 3.63) is 82.7 Å². The maximum Gasteiger partial charge on any atom is 0.325 e. The smallest absolute Gasteiger partial charge is 0.325 e. The van der Waals surface area contributed by atoms with Crippen LogP contribution < -0.4 is 14.8 Å². The standard InChI is InChI=1S/C28H31N3O5/c1-18-16-24(19(2)30(18)15-14-20-6-10-22(35-4)11-7-20)25(32)17-31-26(33)28(3,29-27(31)34)21-8-12-23(36-5)13-9-21/h6-13,16H,14-15,17H2,1-5H3,(H,29,34). The molecule has 1 fully saturated rings. The molecule has 8 nitrogen and oxygen atoms in total. The summed E-state index contributed by atoms with van der Waals surface area (Å²) >= 11 is 0.